The van der Waals surface area contributed by atoms with E-state index in [1.54, 1.807) is 29.5 Å². The number of benzene rings is 1. The van der Waals surface area contributed by atoms with Gasteiger partial charge in [0.1, 0.15) is 5.75 Å². The van der Waals surface area contributed by atoms with Crippen LogP contribution in [0.15, 0.2) is 34.5 Å². The zero-order valence-corrected chi connectivity index (χ0v) is 14.7. The molecule has 0 atom stereocenters. The second-order valence-electron chi connectivity index (χ2n) is 4.79. The van der Waals surface area contributed by atoms with Crippen molar-refractivity contribution < 1.29 is 9.53 Å². The van der Waals surface area contributed by atoms with Gasteiger partial charge in [-0.1, -0.05) is 11.6 Å². The fraction of sp³-hybridized carbons (Fsp3) is 0.188. The van der Waals surface area contributed by atoms with E-state index in [-0.39, 0.29) is 5.91 Å². The Morgan fingerprint density at radius 3 is 2.73 bits per heavy atom. The van der Waals surface area contributed by atoms with Crippen molar-refractivity contribution in [3.8, 4) is 5.75 Å². The molecule has 2 heterocycles. The minimum atomic E-state index is -0.0287. The Morgan fingerprint density at radius 2 is 2.09 bits per heavy atom. The highest BCUT2D eigenvalue weighted by Crippen LogP contribution is 2.33. The Hall–Kier alpha value is -1.43. The summed E-state index contributed by atoms with van der Waals surface area (Å²) in [7, 11) is 1.58. The van der Waals surface area contributed by atoms with Crippen molar-refractivity contribution in [1.82, 2.24) is 4.57 Å². The second kappa shape index (κ2) is 5.99. The summed E-state index contributed by atoms with van der Waals surface area (Å²) >= 11 is 9.35. The lowest BCUT2D eigenvalue weighted by Crippen LogP contribution is -2.11. The van der Waals surface area contributed by atoms with Gasteiger partial charge in [-0.2, -0.15) is 0 Å². The maximum Gasteiger partial charge on any atom is 0.272 e. The van der Waals surface area contributed by atoms with Crippen LogP contribution in [-0.2, 0) is 0 Å². The fourth-order valence-corrected chi connectivity index (χ4v) is 4.14. The smallest absolute Gasteiger partial charge is 0.272 e. The van der Waals surface area contributed by atoms with E-state index in [2.05, 4.69) is 0 Å². The molecule has 1 aromatic carbocycles. The van der Waals surface area contributed by atoms with Crippen molar-refractivity contribution >= 4 is 51.5 Å². The number of ether oxygens (including phenoxy) is 1. The van der Waals surface area contributed by atoms with Crippen molar-refractivity contribution in [2.45, 2.75) is 11.1 Å². The van der Waals surface area contributed by atoms with E-state index >= 15 is 0 Å². The maximum atomic E-state index is 12.8. The molecule has 0 unspecified atom stereocenters. The third kappa shape index (κ3) is 2.53. The van der Waals surface area contributed by atoms with Gasteiger partial charge in [0.05, 0.1) is 26.7 Å². The largest absolute Gasteiger partial charge is 0.495 e. The number of hydrogen-bond acceptors (Lipinski definition) is 4. The molecule has 0 saturated heterocycles. The summed E-state index contributed by atoms with van der Waals surface area (Å²) in [6, 6.07) is 9.45. The lowest BCUT2D eigenvalue weighted by molar-refractivity contribution is 0.0967. The van der Waals surface area contributed by atoms with Crippen molar-refractivity contribution in [2.24, 2.45) is 0 Å². The molecule has 3 rings (SSSR count). The van der Waals surface area contributed by atoms with Crippen LogP contribution in [0.1, 0.15) is 15.4 Å². The first-order valence-electron chi connectivity index (χ1n) is 6.59. The Kier molecular flexibility index (Phi) is 4.21. The average Bonchev–Trinajstić information content (AvgIpc) is 3.09. The molecule has 3 nitrogen and oxygen atoms in total. The number of aromatic nitrogens is 1. The van der Waals surface area contributed by atoms with Gasteiger partial charge < -0.3 is 4.74 Å². The van der Waals surface area contributed by atoms with Crippen molar-refractivity contribution in [3.05, 3.63) is 45.9 Å². The minimum absolute atomic E-state index is 0.0287. The Morgan fingerprint density at radius 1 is 1.32 bits per heavy atom. The Balaban J connectivity index is 2.15. The number of aryl methyl sites for hydroxylation is 1. The first kappa shape index (κ1) is 15.5. The SMILES string of the molecule is COc1cc2cc(C)n(C(=O)c3ccc(SC)s3)c2cc1Cl. The highest BCUT2D eigenvalue weighted by Gasteiger charge is 2.18. The number of hydrogen-bond donors (Lipinski definition) is 0. The molecular weight excluding hydrogens is 338 g/mol. The predicted molar refractivity (Wildman–Crippen MR) is 94.1 cm³/mol. The number of thiophene rings is 1. The summed E-state index contributed by atoms with van der Waals surface area (Å²) in [6.07, 6.45) is 2.00. The summed E-state index contributed by atoms with van der Waals surface area (Å²) in [5, 5.41) is 1.44. The van der Waals surface area contributed by atoms with Crippen LogP contribution in [-0.4, -0.2) is 23.8 Å². The van der Waals surface area contributed by atoms with Crippen LogP contribution in [0, 0.1) is 6.92 Å². The van der Waals surface area contributed by atoms with Crippen molar-refractivity contribution in [3.63, 3.8) is 0 Å². The van der Waals surface area contributed by atoms with E-state index in [1.165, 1.54) is 11.3 Å². The number of rotatable bonds is 3. The van der Waals surface area contributed by atoms with E-state index in [0.717, 1.165) is 25.7 Å². The monoisotopic (exact) mass is 351 g/mol. The van der Waals surface area contributed by atoms with Gasteiger partial charge in [-0.15, -0.1) is 23.1 Å². The Bertz CT molecular complexity index is 867. The van der Waals surface area contributed by atoms with Gasteiger partial charge in [0, 0.05) is 11.1 Å². The first-order chi connectivity index (χ1) is 10.5. The van der Waals surface area contributed by atoms with Gasteiger partial charge >= 0.3 is 0 Å². The molecule has 0 N–H and O–H groups in total. The molecule has 0 radical (unpaired) electrons. The molecular formula is C16H14ClNO2S2. The summed E-state index contributed by atoms with van der Waals surface area (Å²) in [5.74, 6) is 0.582. The summed E-state index contributed by atoms with van der Waals surface area (Å²) in [6.45, 7) is 1.92. The van der Waals surface area contributed by atoms with Gasteiger partial charge in [0.25, 0.3) is 5.91 Å². The number of nitrogens with zero attached hydrogens (tertiary/aromatic N) is 1. The first-order valence-corrected chi connectivity index (χ1v) is 9.01. The van der Waals surface area contributed by atoms with Crippen LogP contribution in [0.3, 0.4) is 0 Å². The standard InChI is InChI=1S/C16H14ClNO2S2/c1-9-6-10-7-13(20-2)11(17)8-12(10)18(9)16(19)14-4-5-15(21-3)22-14/h4-8H,1-3H3. The van der Waals surface area contributed by atoms with E-state index in [9.17, 15) is 4.79 Å². The van der Waals surface area contributed by atoms with E-state index in [0.29, 0.717) is 10.8 Å². The van der Waals surface area contributed by atoms with E-state index < -0.39 is 0 Å². The lowest BCUT2D eigenvalue weighted by Gasteiger charge is -2.07. The summed E-state index contributed by atoms with van der Waals surface area (Å²) in [5.41, 5.74) is 1.68. The molecule has 0 spiro atoms. The van der Waals surface area contributed by atoms with Crippen molar-refractivity contribution in [2.75, 3.05) is 13.4 Å². The molecule has 0 aliphatic carbocycles. The van der Waals surface area contributed by atoms with Gasteiger partial charge in [-0.25, -0.2) is 0 Å². The molecule has 0 aliphatic rings. The zero-order chi connectivity index (χ0) is 15.9. The molecule has 0 amide bonds. The number of methoxy groups -OCH3 is 1. The van der Waals surface area contributed by atoms with E-state index in [4.69, 9.17) is 16.3 Å². The topological polar surface area (TPSA) is 31.2 Å². The van der Waals surface area contributed by atoms with Crippen LogP contribution < -0.4 is 4.74 Å². The van der Waals surface area contributed by atoms with Crippen molar-refractivity contribution in [1.29, 1.82) is 0 Å². The third-order valence-electron chi connectivity index (χ3n) is 3.46. The van der Waals surface area contributed by atoms with Gasteiger partial charge in [0.2, 0.25) is 0 Å². The third-order valence-corrected chi connectivity index (χ3v) is 5.91. The van der Waals surface area contributed by atoms with Gasteiger partial charge in [-0.3, -0.25) is 9.36 Å². The molecule has 0 fully saturated rings. The van der Waals surface area contributed by atoms with Crippen LogP contribution in [0.4, 0.5) is 0 Å². The normalized spacial score (nSPS) is 11.1. The molecule has 0 aliphatic heterocycles. The molecule has 114 valence electrons. The molecule has 3 aromatic rings. The number of halogens is 1. The maximum absolute atomic E-state index is 12.8. The summed E-state index contributed by atoms with van der Waals surface area (Å²) < 4.78 is 8.07. The molecule has 22 heavy (non-hydrogen) atoms. The second-order valence-corrected chi connectivity index (χ2v) is 7.39. The number of fused-ring (bicyclic) bond motifs is 1. The zero-order valence-electron chi connectivity index (χ0n) is 12.3. The summed E-state index contributed by atoms with van der Waals surface area (Å²) in [4.78, 5) is 13.5. The van der Waals surface area contributed by atoms with E-state index in [1.807, 2.05) is 37.4 Å². The quantitative estimate of drug-likeness (QED) is 0.616. The Labute approximate surface area is 141 Å². The molecule has 6 heteroatoms. The van der Waals surface area contributed by atoms with Crippen LogP contribution in [0.2, 0.25) is 5.02 Å². The van der Waals surface area contributed by atoms with Crippen LogP contribution >= 0.6 is 34.7 Å². The highest BCUT2D eigenvalue weighted by atomic mass is 35.5. The lowest BCUT2D eigenvalue weighted by atomic mass is 10.2. The van der Waals surface area contributed by atoms with Gasteiger partial charge in [-0.05, 0) is 43.5 Å². The predicted octanol–water partition coefficient (Wildman–Crippen LogP) is 5.08. The fourth-order valence-electron chi connectivity index (χ4n) is 2.43. The van der Waals surface area contributed by atoms with Crippen LogP contribution in [0.5, 0.6) is 5.75 Å². The number of carbonyl (C=O) groups is 1. The molecule has 0 bridgehead atoms. The highest BCUT2D eigenvalue weighted by molar-refractivity contribution is 8.00. The minimum Gasteiger partial charge on any atom is -0.495 e. The number of carbonyl (C=O) groups excluding carboxylic acids is 1. The molecule has 2 aromatic heterocycles. The van der Waals surface area contributed by atoms with Gasteiger partial charge in [0.15, 0.2) is 0 Å². The number of thioether (sulfide) groups is 1. The average molecular weight is 352 g/mol. The molecule has 0 saturated carbocycles. The van der Waals surface area contributed by atoms with Crippen LogP contribution in [0.25, 0.3) is 10.9 Å².